The number of hydrogen-bond acceptors (Lipinski definition) is 6. The molecule has 0 heterocycles. The van der Waals surface area contributed by atoms with Crippen LogP contribution in [0.25, 0.3) is 6.08 Å². The van der Waals surface area contributed by atoms with Crippen molar-refractivity contribution in [1.82, 2.24) is 0 Å². The van der Waals surface area contributed by atoms with Crippen molar-refractivity contribution in [3.63, 3.8) is 0 Å². The summed E-state index contributed by atoms with van der Waals surface area (Å²) < 4.78 is 20.6. The molecule has 0 aliphatic carbocycles. The van der Waals surface area contributed by atoms with E-state index >= 15 is 0 Å². The lowest BCUT2D eigenvalue weighted by Gasteiger charge is -2.09. The van der Waals surface area contributed by atoms with Crippen LogP contribution in [-0.2, 0) is 9.53 Å². The fourth-order valence-corrected chi connectivity index (χ4v) is 2.30. The van der Waals surface area contributed by atoms with Crippen LogP contribution in [0.2, 0.25) is 0 Å². The van der Waals surface area contributed by atoms with Gasteiger partial charge in [-0.1, -0.05) is 12.1 Å². The van der Waals surface area contributed by atoms with Crippen molar-refractivity contribution < 1.29 is 28.5 Å². The fourth-order valence-electron chi connectivity index (χ4n) is 2.30. The van der Waals surface area contributed by atoms with Crippen LogP contribution in [0.4, 0.5) is 0 Å². The van der Waals surface area contributed by atoms with Crippen LogP contribution in [0.15, 0.2) is 48.5 Å². The third-order valence-electron chi connectivity index (χ3n) is 3.66. The summed E-state index contributed by atoms with van der Waals surface area (Å²) in [6.07, 6.45) is 2.88. The number of ether oxygens (including phenoxy) is 4. The van der Waals surface area contributed by atoms with Gasteiger partial charge in [-0.05, 0) is 48.9 Å². The Kier molecular flexibility index (Phi) is 7.43. The summed E-state index contributed by atoms with van der Waals surface area (Å²) >= 11 is 0. The van der Waals surface area contributed by atoms with Gasteiger partial charge >= 0.3 is 5.97 Å². The molecule has 2 rings (SSSR count). The van der Waals surface area contributed by atoms with E-state index in [1.54, 1.807) is 24.3 Å². The minimum atomic E-state index is -0.612. The first-order valence-electron chi connectivity index (χ1n) is 8.40. The van der Waals surface area contributed by atoms with Crippen LogP contribution in [0.5, 0.6) is 17.2 Å². The number of hydrogen-bond donors (Lipinski definition) is 0. The first-order valence-corrected chi connectivity index (χ1v) is 8.40. The number of carbonyl (C=O) groups is 2. The number of ketones is 1. The Labute approximate surface area is 158 Å². The molecule has 0 fully saturated rings. The normalized spacial score (nSPS) is 10.5. The van der Waals surface area contributed by atoms with Gasteiger partial charge in [0.05, 0.1) is 26.4 Å². The molecular formula is C21H22O6. The zero-order valence-electron chi connectivity index (χ0n) is 15.6. The minimum absolute atomic E-state index is 0.292. The van der Waals surface area contributed by atoms with E-state index in [1.807, 2.05) is 31.2 Å². The molecule has 0 amide bonds. The number of rotatable bonds is 9. The Morgan fingerprint density at radius 1 is 0.963 bits per heavy atom. The zero-order valence-corrected chi connectivity index (χ0v) is 15.6. The van der Waals surface area contributed by atoms with Gasteiger partial charge in [-0.25, -0.2) is 4.79 Å². The van der Waals surface area contributed by atoms with Crippen LogP contribution < -0.4 is 14.2 Å². The number of carbonyl (C=O) groups excluding carboxylic acids is 2. The van der Waals surface area contributed by atoms with Crippen LogP contribution in [-0.4, -0.2) is 39.2 Å². The molecule has 0 aliphatic heterocycles. The maximum atomic E-state index is 12.3. The van der Waals surface area contributed by atoms with E-state index in [1.165, 1.54) is 20.3 Å². The summed E-state index contributed by atoms with van der Waals surface area (Å²) in [5, 5.41) is 0. The van der Waals surface area contributed by atoms with Crippen molar-refractivity contribution in [3.05, 3.63) is 59.7 Å². The standard InChI is InChI=1S/C21H22O6/c1-4-26-16-8-5-15(6-9-16)7-12-21(23)27-14-19(22)18-13-17(24-2)10-11-20(18)25-3/h5-13H,4,14H2,1-3H3/b12-7+. The third kappa shape index (κ3) is 5.88. The molecule has 0 aliphatic rings. The van der Waals surface area contributed by atoms with Crippen molar-refractivity contribution in [3.8, 4) is 17.2 Å². The second-order valence-corrected chi connectivity index (χ2v) is 5.43. The van der Waals surface area contributed by atoms with E-state index in [-0.39, 0.29) is 5.78 Å². The molecule has 0 unspecified atom stereocenters. The third-order valence-corrected chi connectivity index (χ3v) is 3.66. The number of esters is 1. The quantitative estimate of drug-likeness (QED) is 0.382. The van der Waals surface area contributed by atoms with Crippen LogP contribution >= 0.6 is 0 Å². The summed E-state index contributed by atoms with van der Waals surface area (Å²) in [5.41, 5.74) is 1.11. The van der Waals surface area contributed by atoms with Crippen molar-refractivity contribution in [2.24, 2.45) is 0 Å². The van der Waals surface area contributed by atoms with Crippen LogP contribution in [0.1, 0.15) is 22.8 Å². The molecule has 0 saturated heterocycles. The largest absolute Gasteiger partial charge is 0.497 e. The minimum Gasteiger partial charge on any atom is -0.497 e. The molecule has 27 heavy (non-hydrogen) atoms. The lowest BCUT2D eigenvalue weighted by molar-refractivity contribution is -0.136. The Bertz CT molecular complexity index is 808. The molecule has 6 heteroatoms. The average Bonchev–Trinajstić information content (AvgIpc) is 2.71. The van der Waals surface area contributed by atoms with Gasteiger partial charge < -0.3 is 18.9 Å². The predicted octanol–water partition coefficient (Wildman–Crippen LogP) is 3.54. The highest BCUT2D eigenvalue weighted by molar-refractivity contribution is 6.01. The summed E-state index contributed by atoms with van der Waals surface area (Å²) in [6.45, 7) is 2.11. The molecule has 2 aromatic carbocycles. The van der Waals surface area contributed by atoms with Gasteiger partial charge in [-0.15, -0.1) is 0 Å². The molecule has 2 aromatic rings. The molecular weight excluding hydrogens is 348 g/mol. The molecule has 0 atom stereocenters. The van der Waals surface area contributed by atoms with Gasteiger partial charge in [0.25, 0.3) is 0 Å². The summed E-state index contributed by atoms with van der Waals surface area (Å²) in [6, 6.07) is 12.1. The number of benzene rings is 2. The maximum absolute atomic E-state index is 12.3. The zero-order chi connectivity index (χ0) is 19.6. The second-order valence-electron chi connectivity index (χ2n) is 5.43. The van der Waals surface area contributed by atoms with Gasteiger partial charge in [0.2, 0.25) is 5.78 Å². The van der Waals surface area contributed by atoms with E-state index in [4.69, 9.17) is 18.9 Å². The monoisotopic (exact) mass is 370 g/mol. The van der Waals surface area contributed by atoms with Crippen LogP contribution in [0, 0.1) is 0 Å². The van der Waals surface area contributed by atoms with Crippen molar-refractivity contribution in [1.29, 1.82) is 0 Å². The second kappa shape index (κ2) is 10.0. The van der Waals surface area contributed by atoms with Crippen molar-refractivity contribution >= 4 is 17.8 Å². The van der Waals surface area contributed by atoms with Gasteiger partial charge in [0.1, 0.15) is 17.2 Å². The Balaban J connectivity index is 1.94. The molecule has 142 valence electrons. The predicted molar refractivity (Wildman–Crippen MR) is 101 cm³/mol. The fraction of sp³-hybridized carbons (Fsp3) is 0.238. The Hall–Kier alpha value is -3.28. The van der Waals surface area contributed by atoms with Crippen molar-refractivity contribution in [2.75, 3.05) is 27.4 Å². The van der Waals surface area contributed by atoms with E-state index in [9.17, 15) is 9.59 Å². The molecule has 0 radical (unpaired) electrons. The average molecular weight is 370 g/mol. The molecule has 0 bridgehead atoms. The Morgan fingerprint density at radius 2 is 1.67 bits per heavy atom. The summed E-state index contributed by atoms with van der Waals surface area (Å²) in [7, 11) is 2.96. The summed E-state index contributed by atoms with van der Waals surface area (Å²) in [5.74, 6) is 0.672. The van der Waals surface area contributed by atoms with Gasteiger partial charge in [0.15, 0.2) is 6.61 Å². The molecule has 0 aromatic heterocycles. The van der Waals surface area contributed by atoms with Gasteiger partial charge in [-0.3, -0.25) is 4.79 Å². The lowest BCUT2D eigenvalue weighted by Crippen LogP contribution is -2.13. The topological polar surface area (TPSA) is 71.1 Å². The Morgan fingerprint density at radius 3 is 2.30 bits per heavy atom. The lowest BCUT2D eigenvalue weighted by atomic mass is 10.1. The molecule has 0 saturated carbocycles. The van der Waals surface area contributed by atoms with Crippen molar-refractivity contribution in [2.45, 2.75) is 6.92 Å². The highest BCUT2D eigenvalue weighted by atomic mass is 16.5. The smallest absolute Gasteiger partial charge is 0.331 e. The van der Waals surface area contributed by atoms with Gasteiger partial charge in [0, 0.05) is 6.08 Å². The SMILES string of the molecule is CCOc1ccc(/C=C/C(=O)OCC(=O)c2cc(OC)ccc2OC)cc1. The maximum Gasteiger partial charge on any atom is 0.331 e. The van der Waals surface area contributed by atoms with E-state index in [0.29, 0.717) is 23.7 Å². The van der Waals surface area contributed by atoms with Crippen LogP contribution in [0.3, 0.4) is 0 Å². The molecule has 6 nitrogen and oxygen atoms in total. The number of Topliss-reactive ketones (excluding diaryl/α,β-unsaturated/α-hetero) is 1. The highest BCUT2D eigenvalue weighted by Gasteiger charge is 2.15. The highest BCUT2D eigenvalue weighted by Crippen LogP contribution is 2.24. The summed E-state index contributed by atoms with van der Waals surface area (Å²) in [4.78, 5) is 24.2. The number of methoxy groups -OCH3 is 2. The molecule has 0 N–H and O–H groups in total. The van der Waals surface area contributed by atoms with E-state index in [0.717, 1.165) is 11.3 Å². The van der Waals surface area contributed by atoms with E-state index in [2.05, 4.69) is 0 Å². The first kappa shape index (κ1) is 20.0. The first-order chi connectivity index (χ1) is 13.1. The van der Waals surface area contributed by atoms with Gasteiger partial charge in [-0.2, -0.15) is 0 Å². The molecule has 0 spiro atoms. The van der Waals surface area contributed by atoms with E-state index < -0.39 is 12.6 Å².